The molecular formula is C18H24N2O2. The van der Waals surface area contributed by atoms with E-state index in [1.807, 2.05) is 30.1 Å². The second-order valence-corrected chi connectivity index (χ2v) is 6.10. The van der Waals surface area contributed by atoms with Gasteiger partial charge in [-0.3, -0.25) is 4.79 Å². The Balaban J connectivity index is 1.75. The van der Waals surface area contributed by atoms with E-state index in [-0.39, 0.29) is 5.91 Å². The van der Waals surface area contributed by atoms with Gasteiger partial charge in [-0.2, -0.15) is 0 Å². The number of amides is 1. The van der Waals surface area contributed by atoms with Crippen molar-refractivity contribution in [1.82, 2.24) is 10.2 Å². The molecule has 0 saturated carbocycles. The smallest absolute Gasteiger partial charge is 0.224 e. The van der Waals surface area contributed by atoms with E-state index in [2.05, 4.69) is 18.3 Å². The fourth-order valence-electron chi connectivity index (χ4n) is 3.23. The van der Waals surface area contributed by atoms with E-state index < -0.39 is 0 Å². The zero-order valence-electron chi connectivity index (χ0n) is 13.4. The number of carbonyl (C=O) groups is 1. The molecule has 1 saturated heterocycles. The molecule has 0 bridgehead atoms. The number of nitrogens with zero attached hydrogens (tertiary/aromatic N) is 1. The lowest BCUT2D eigenvalue weighted by atomic mass is 10.1. The summed E-state index contributed by atoms with van der Waals surface area (Å²) >= 11 is 0. The lowest BCUT2D eigenvalue weighted by Gasteiger charge is -2.19. The summed E-state index contributed by atoms with van der Waals surface area (Å²) in [7, 11) is 1.89. The number of fused-ring (bicyclic) bond motifs is 1. The van der Waals surface area contributed by atoms with Crippen LogP contribution in [0.3, 0.4) is 0 Å². The molecule has 0 spiro atoms. The van der Waals surface area contributed by atoms with Crippen LogP contribution in [0.2, 0.25) is 0 Å². The Morgan fingerprint density at radius 1 is 1.41 bits per heavy atom. The lowest BCUT2D eigenvalue weighted by Crippen LogP contribution is -2.33. The van der Waals surface area contributed by atoms with Crippen LogP contribution >= 0.6 is 0 Å². The van der Waals surface area contributed by atoms with Crippen LogP contribution in [0.15, 0.2) is 28.7 Å². The summed E-state index contributed by atoms with van der Waals surface area (Å²) in [5.41, 5.74) is 2.06. The van der Waals surface area contributed by atoms with Crippen molar-refractivity contribution in [2.75, 3.05) is 13.6 Å². The van der Waals surface area contributed by atoms with Gasteiger partial charge in [0.2, 0.25) is 5.91 Å². The Morgan fingerprint density at radius 3 is 2.95 bits per heavy atom. The molecule has 0 radical (unpaired) electrons. The minimum Gasteiger partial charge on any atom is -0.461 e. The SMILES string of the molecule is CCc1oc2ccccc2c1CN(C)C(=O)CC1CCCN1. The third-order valence-electron chi connectivity index (χ3n) is 4.51. The molecule has 22 heavy (non-hydrogen) atoms. The van der Waals surface area contributed by atoms with Crippen molar-refractivity contribution in [3.63, 3.8) is 0 Å². The summed E-state index contributed by atoms with van der Waals surface area (Å²) < 4.78 is 5.91. The van der Waals surface area contributed by atoms with E-state index in [1.54, 1.807) is 0 Å². The fourth-order valence-corrected chi connectivity index (χ4v) is 3.23. The van der Waals surface area contributed by atoms with Gasteiger partial charge in [0.25, 0.3) is 0 Å². The van der Waals surface area contributed by atoms with Crippen molar-refractivity contribution in [3.8, 4) is 0 Å². The molecule has 1 atom stereocenters. The molecular weight excluding hydrogens is 276 g/mol. The normalized spacial score (nSPS) is 18.0. The monoisotopic (exact) mass is 300 g/mol. The van der Waals surface area contributed by atoms with Gasteiger partial charge in [0.05, 0.1) is 0 Å². The van der Waals surface area contributed by atoms with Gasteiger partial charge in [0, 0.05) is 43.4 Å². The number of furan rings is 1. The highest BCUT2D eigenvalue weighted by Gasteiger charge is 2.21. The van der Waals surface area contributed by atoms with Crippen LogP contribution in [0, 0.1) is 0 Å². The molecule has 2 heterocycles. The predicted octanol–water partition coefficient (Wildman–Crippen LogP) is 3.10. The standard InChI is InChI=1S/C18H24N2O2/c1-3-16-15(14-8-4-5-9-17(14)22-16)12-20(2)18(21)11-13-7-6-10-19-13/h4-5,8-9,13,19H,3,6-7,10-12H2,1-2H3. The second kappa shape index (κ2) is 6.53. The molecule has 4 heteroatoms. The number of aryl methyl sites for hydroxylation is 1. The minimum absolute atomic E-state index is 0.201. The average Bonchev–Trinajstić information content (AvgIpc) is 3.15. The zero-order chi connectivity index (χ0) is 15.5. The molecule has 1 unspecified atom stereocenters. The number of rotatable bonds is 5. The number of hydrogen-bond donors (Lipinski definition) is 1. The summed E-state index contributed by atoms with van der Waals surface area (Å²) in [5, 5.41) is 4.51. The van der Waals surface area contributed by atoms with Gasteiger partial charge in [-0.15, -0.1) is 0 Å². The van der Waals surface area contributed by atoms with E-state index in [9.17, 15) is 4.79 Å². The van der Waals surface area contributed by atoms with E-state index in [0.29, 0.717) is 19.0 Å². The molecule has 1 aromatic heterocycles. The van der Waals surface area contributed by atoms with Crippen LogP contribution in [0.4, 0.5) is 0 Å². The highest BCUT2D eigenvalue weighted by atomic mass is 16.3. The minimum atomic E-state index is 0.201. The van der Waals surface area contributed by atoms with Crippen LogP contribution in [0.25, 0.3) is 11.0 Å². The number of carbonyl (C=O) groups excluding carboxylic acids is 1. The van der Waals surface area contributed by atoms with Crippen LogP contribution in [0.5, 0.6) is 0 Å². The highest BCUT2D eigenvalue weighted by molar-refractivity contribution is 5.83. The van der Waals surface area contributed by atoms with Gasteiger partial charge < -0.3 is 14.6 Å². The van der Waals surface area contributed by atoms with Gasteiger partial charge in [0.15, 0.2) is 0 Å². The predicted molar refractivity (Wildman–Crippen MR) is 87.7 cm³/mol. The first-order valence-corrected chi connectivity index (χ1v) is 8.15. The third-order valence-corrected chi connectivity index (χ3v) is 4.51. The van der Waals surface area contributed by atoms with Crippen LogP contribution < -0.4 is 5.32 Å². The van der Waals surface area contributed by atoms with E-state index >= 15 is 0 Å². The Morgan fingerprint density at radius 2 is 2.23 bits per heavy atom. The maximum absolute atomic E-state index is 12.4. The van der Waals surface area contributed by atoms with Gasteiger partial charge in [-0.25, -0.2) is 0 Å². The largest absolute Gasteiger partial charge is 0.461 e. The molecule has 1 amide bonds. The number of nitrogens with one attached hydrogen (secondary N) is 1. The third kappa shape index (κ3) is 3.02. The first kappa shape index (κ1) is 15.1. The zero-order valence-corrected chi connectivity index (χ0v) is 13.4. The van der Waals surface area contributed by atoms with Gasteiger partial charge in [-0.1, -0.05) is 25.1 Å². The van der Waals surface area contributed by atoms with E-state index in [1.165, 1.54) is 6.42 Å². The van der Waals surface area contributed by atoms with Crippen LogP contribution in [0.1, 0.15) is 37.5 Å². The first-order valence-electron chi connectivity index (χ1n) is 8.15. The topological polar surface area (TPSA) is 45.5 Å². The van der Waals surface area contributed by atoms with Gasteiger partial charge in [-0.05, 0) is 25.5 Å². The summed E-state index contributed by atoms with van der Waals surface area (Å²) in [6.45, 7) is 3.74. The molecule has 1 fully saturated rings. The Bertz CT molecular complexity index is 656. The quantitative estimate of drug-likeness (QED) is 0.923. The molecule has 1 aliphatic rings. The highest BCUT2D eigenvalue weighted by Crippen LogP contribution is 2.27. The number of para-hydroxylation sites is 1. The maximum Gasteiger partial charge on any atom is 0.224 e. The van der Waals surface area contributed by atoms with Crippen molar-refractivity contribution in [1.29, 1.82) is 0 Å². The number of benzene rings is 1. The van der Waals surface area contributed by atoms with Gasteiger partial charge in [0.1, 0.15) is 11.3 Å². The molecule has 118 valence electrons. The summed E-state index contributed by atoms with van der Waals surface area (Å²) in [6, 6.07) is 8.41. The average molecular weight is 300 g/mol. The molecule has 3 rings (SSSR count). The molecule has 2 aromatic rings. The van der Waals surface area contributed by atoms with Crippen molar-refractivity contribution in [3.05, 3.63) is 35.6 Å². The summed E-state index contributed by atoms with van der Waals surface area (Å²) in [6.07, 6.45) is 3.71. The van der Waals surface area contributed by atoms with E-state index in [0.717, 1.165) is 41.7 Å². The molecule has 0 aliphatic carbocycles. The fraction of sp³-hybridized carbons (Fsp3) is 0.500. The van der Waals surface area contributed by atoms with Crippen LogP contribution in [-0.4, -0.2) is 30.4 Å². The van der Waals surface area contributed by atoms with Crippen molar-refractivity contribution >= 4 is 16.9 Å². The number of hydrogen-bond acceptors (Lipinski definition) is 3. The first-order chi connectivity index (χ1) is 10.7. The Kier molecular flexibility index (Phi) is 4.48. The molecule has 1 aromatic carbocycles. The van der Waals surface area contributed by atoms with Crippen molar-refractivity contribution in [2.24, 2.45) is 0 Å². The summed E-state index contributed by atoms with van der Waals surface area (Å²) in [4.78, 5) is 14.2. The van der Waals surface area contributed by atoms with Crippen molar-refractivity contribution in [2.45, 2.75) is 45.2 Å². The van der Waals surface area contributed by atoms with E-state index in [4.69, 9.17) is 4.42 Å². The maximum atomic E-state index is 12.4. The molecule has 4 nitrogen and oxygen atoms in total. The second-order valence-electron chi connectivity index (χ2n) is 6.10. The van der Waals surface area contributed by atoms with Crippen molar-refractivity contribution < 1.29 is 9.21 Å². The Labute approximate surface area is 131 Å². The molecule has 1 N–H and O–H groups in total. The van der Waals surface area contributed by atoms with Gasteiger partial charge >= 0.3 is 0 Å². The molecule has 1 aliphatic heterocycles. The Hall–Kier alpha value is -1.81. The van der Waals surface area contributed by atoms with Crippen LogP contribution in [-0.2, 0) is 17.8 Å². The summed E-state index contributed by atoms with van der Waals surface area (Å²) in [5.74, 6) is 1.19. The lowest BCUT2D eigenvalue weighted by molar-refractivity contribution is -0.130.